The number of likely N-dealkylation sites (N-methyl/N-ethyl adjacent to an activating group) is 1. The number of aromatic nitrogens is 1. The van der Waals surface area contributed by atoms with Crippen molar-refractivity contribution in [2.45, 2.75) is 6.92 Å². The van der Waals surface area contributed by atoms with Crippen molar-refractivity contribution in [1.82, 2.24) is 9.88 Å². The van der Waals surface area contributed by atoms with Gasteiger partial charge in [-0.05, 0) is 42.8 Å². The fourth-order valence-electron chi connectivity index (χ4n) is 2.36. The Bertz CT molecular complexity index is 940. The van der Waals surface area contributed by atoms with Gasteiger partial charge in [0.1, 0.15) is 6.54 Å². The van der Waals surface area contributed by atoms with Crippen LogP contribution in [0.1, 0.15) is 5.56 Å². The van der Waals surface area contributed by atoms with E-state index in [2.05, 4.69) is 31.5 Å². The molecule has 0 unspecified atom stereocenters. The number of fused-ring (bicyclic) bond motifs is 1. The van der Waals surface area contributed by atoms with E-state index in [-0.39, 0.29) is 18.5 Å². The Balaban J connectivity index is 1.58. The number of hydrogen-bond donors (Lipinski definition) is 2. The lowest BCUT2D eigenvalue weighted by molar-refractivity contribution is -0.116. The van der Waals surface area contributed by atoms with Crippen LogP contribution >= 0.6 is 27.3 Å². The second kappa shape index (κ2) is 7.84. The highest BCUT2D eigenvalue weighted by molar-refractivity contribution is 9.10. The number of carbonyl (C=O) groups is 2. The molecule has 0 aliphatic carbocycles. The summed E-state index contributed by atoms with van der Waals surface area (Å²) in [6.07, 6.45) is 0. The van der Waals surface area contributed by atoms with Crippen LogP contribution in [-0.4, -0.2) is 35.4 Å². The molecule has 3 aromatic rings. The Labute approximate surface area is 163 Å². The van der Waals surface area contributed by atoms with Gasteiger partial charge in [-0.3, -0.25) is 10.1 Å². The number of para-hydroxylation sites is 1. The van der Waals surface area contributed by atoms with Crippen molar-refractivity contribution in [3.8, 4) is 0 Å². The van der Waals surface area contributed by atoms with Crippen LogP contribution in [0.15, 0.2) is 46.9 Å². The lowest BCUT2D eigenvalue weighted by atomic mass is 10.2. The van der Waals surface area contributed by atoms with Crippen molar-refractivity contribution in [1.29, 1.82) is 0 Å². The molecule has 0 saturated carbocycles. The average molecular weight is 433 g/mol. The van der Waals surface area contributed by atoms with Crippen LogP contribution in [0.5, 0.6) is 0 Å². The molecule has 3 rings (SSSR count). The molecule has 8 heteroatoms. The molecule has 0 aliphatic heterocycles. The van der Waals surface area contributed by atoms with Gasteiger partial charge >= 0.3 is 6.03 Å². The second-order valence-electron chi connectivity index (χ2n) is 5.78. The van der Waals surface area contributed by atoms with E-state index >= 15 is 0 Å². The maximum atomic E-state index is 12.3. The number of thiazole rings is 1. The van der Waals surface area contributed by atoms with Gasteiger partial charge in [0, 0.05) is 17.2 Å². The molecule has 0 atom stereocenters. The minimum absolute atomic E-state index is 0.0633. The predicted octanol–water partition coefficient (Wildman–Crippen LogP) is 4.47. The Morgan fingerprint density at radius 2 is 1.96 bits per heavy atom. The van der Waals surface area contributed by atoms with E-state index < -0.39 is 0 Å². The molecular weight excluding hydrogens is 416 g/mol. The topological polar surface area (TPSA) is 74.3 Å². The Hall–Kier alpha value is -2.45. The standard InChI is InChI=1S/C18H17BrN4O2S/c1-11-9-12(19)7-8-13(11)20-16(24)10-23(2)18(25)22-17-21-14-5-3-4-6-15(14)26-17/h3-9H,10H2,1-2H3,(H,20,24)(H,21,22,25). The zero-order valence-electron chi connectivity index (χ0n) is 14.2. The molecular formula is C18H17BrN4O2S. The lowest BCUT2D eigenvalue weighted by Gasteiger charge is -2.17. The first-order valence-electron chi connectivity index (χ1n) is 7.86. The molecule has 3 amide bonds. The number of nitrogens with zero attached hydrogens (tertiary/aromatic N) is 2. The van der Waals surface area contributed by atoms with Gasteiger partial charge in [-0.15, -0.1) is 0 Å². The van der Waals surface area contributed by atoms with Gasteiger partial charge in [-0.25, -0.2) is 9.78 Å². The monoisotopic (exact) mass is 432 g/mol. The maximum Gasteiger partial charge on any atom is 0.323 e. The molecule has 0 saturated heterocycles. The summed E-state index contributed by atoms with van der Waals surface area (Å²) in [6, 6.07) is 12.9. The Morgan fingerprint density at radius 1 is 1.19 bits per heavy atom. The van der Waals surface area contributed by atoms with E-state index in [1.807, 2.05) is 49.4 Å². The van der Waals surface area contributed by atoms with Gasteiger partial charge in [0.25, 0.3) is 0 Å². The number of nitrogens with one attached hydrogen (secondary N) is 2. The van der Waals surface area contributed by atoms with Gasteiger partial charge in [-0.2, -0.15) is 0 Å². The number of amides is 3. The number of urea groups is 1. The SMILES string of the molecule is Cc1cc(Br)ccc1NC(=O)CN(C)C(=O)Nc1nc2ccccc2s1. The summed E-state index contributed by atoms with van der Waals surface area (Å²) in [5.41, 5.74) is 2.49. The highest BCUT2D eigenvalue weighted by Crippen LogP contribution is 2.25. The number of aryl methyl sites for hydroxylation is 1. The van der Waals surface area contributed by atoms with E-state index in [1.165, 1.54) is 16.2 Å². The van der Waals surface area contributed by atoms with E-state index in [9.17, 15) is 9.59 Å². The van der Waals surface area contributed by atoms with Gasteiger partial charge < -0.3 is 10.2 Å². The zero-order valence-corrected chi connectivity index (χ0v) is 16.6. The molecule has 0 radical (unpaired) electrons. The van der Waals surface area contributed by atoms with Crippen LogP contribution in [0.2, 0.25) is 0 Å². The van der Waals surface area contributed by atoms with E-state index in [0.717, 1.165) is 25.9 Å². The highest BCUT2D eigenvalue weighted by atomic mass is 79.9. The normalized spacial score (nSPS) is 10.6. The molecule has 0 spiro atoms. The summed E-state index contributed by atoms with van der Waals surface area (Å²) in [6.45, 7) is 1.84. The van der Waals surface area contributed by atoms with Crippen molar-refractivity contribution in [2.75, 3.05) is 24.2 Å². The molecule has 2 aromatic carbocycles. The first-order valence-corrected chi connectivity index (χ1v) is 9.47. The Kier molecular flexibility index (Phi) is 5.53. The first-order chi connectivity index (χ1) is 12.4. The van der Waals surface area contributed by atoms with Crippen molar-refractivity contribution >= 4 is 60.2 Å². The summed E-state index contributed by atoms with van der Waals surface area (Å²) < 4.78 is 1.94. The minimum atomic E-state index is -0.383. The number of anilines is 2. The van der Waals surface area contributed by atoms with Crippen LogP contribution in [0.4, 0.5) is 15.6 Å². The Morgan fingerprint density at radius 3 is 2.69 bits per heavy atom. The molecule has 2 N–H and O–H groups in total. The molecule has 1 heterocycles. The summed E-state index contributed by atoms with van der Waals surface area (Å²) in [5.74, 6) is -0.266. The van der Waals surface area contributed by atoms with Crippen molar-refractivity contribution in [3.05, 3.63) is 52.5 Å². The largest absolute Gasteiger partial charge is 0.324 e. The third-order valence-electron chi connectivity index (χ3n) is 3.70. The number of hydrogen-bond acceptors (Lipinski definition) is 4. The fraction of sp³-hybridized carbons (Fsp3) is 0.167. The third kappa shape index (κ3) is 4.39. The van der Waals surface area contributed by atoms with Gasteiger partial charge in [0.05, 0.1) is 10.2 Å². The summed E-state index contributed by atoms with van der Waals surface area (Å²) in [4.78, 5) is 30.2. The third-order valence-corrected chi connectivity index (χ3v) is 5.14. The van der Waals surface area contributed by atoms with E-state index in [0.29, 0.717) is 5.13 Å². The van der Waals surface area contributed by atoms with Crippen LogP contribution in [0.3, 0.4) is 0 Å². The number of rotatable bonds is 4. The van der Waals surface area contributed by atoms with Crippen LogP contribution in [-0.2, 0) is 4.79 Å². The van der Waals surface area contributed by atoms with Crippen LogP contribution in [0.25, 0.3) is 10.2 Å². The average Bonchev–Trinajstić information content (AvgIpc) is 2.99. The lowest BCUT2D eigenvalue weighted by Crippen LogP contribution is -2.37. The van der Waals surface area contributed by atoms with Gasteiger partial charge in [0.15, 0.2) is 5.13 Å². The summed E-state index contributed by atoms with van der Waals surface area (Å²) in [5, 5.41) is 6.05. The second-order valence-corrected chi connectivity index (χ2v) is 7.73. The molecule has 0 bridgehead atoms. The summed E-state index contributed by atoms with van der Waals surface area (Å²) in [7, 11) is 1.57. The number of carbonyl (C=O) groups excluding carboxylic acids is 2. The molecule has 134 valence electrons. The van der Waals surface area contributed by atoms with Crippen LogP contribution < -0.4 is 10.6 Å². The molecule has 0 fully saturated rings. The minimum Gasteiger partial charge on any atom is -0.324 e. The summed E-state index contributed by atoms with van der Waals surface area (Å²) >= 11 is 4.78. The fourth-order valence-corrected chi connectivity index (χ4v) is 3.69. The molecule has 1 aromatic heterocycles. The van der Waals surface area contributed by atoms with Crippen LogP contribution in [0, 0.1) is 6.92 Å². The van der Waals surface area contributed by atoms with Gasteiger partial charge in [-0.1, -0.05) is 39.4 Å². The number of benzene rings is 2. The first kappa shape index (κ1) is 18.3. The maximum absolute atomic E-state index is 12.3. The highest BCUT2D eigenvalue weighted by Gasteiger charge is 2.15. The smallest absolute Gasteiger partial charge is 0.323 e. The number of halogens is 1. The van der Waals surface area contributed by atoms with Crippen molar-refractivity contribution in [2.24, 2.45) is 0 Å². The molecule has 26 heavy (non-hydrogen) atoms. The van der Waals surface area contributed by atoms with Gasteiger partial charge in [0.2, 0.25) is 5.91 Å². The predicted molar refractivity (Wildman–Crippen MR) is 109 cm³/mol. The van der Waals surface area contributed by atoms with E-state index in [1.54, 1.807) is 7.05 Å². The van der Waals surface area contributed by atoms with E-state index in [4.69, 9.17) is 0 Å². The van der Waals surface area contributed by atoms with Crippen molar-refractivity contribution < 1.29 is 9.59 Å². The zero-order chi connectivity index (χ0) is 18.7. The quantitative estimate of drug-likeness (QED) is 0.638. The molecule has 0 aliphatic rings. The molecule has 6 nitrogen and oxygen atoms in total. The van der Waals surface area contributed by atoms with Crippen molar-refractivity contribution in [3.63, 3.8) is 0 Å².